The average Bonchev–Trinajstić information content (AvgIpc) is 2.29. The molecule has 0 saturated carbocycles. The average molecular weight is 221 g/mol. The van der Waals surface area contributed by atoms with Crippen molar-refractivity contribution in [1.82, 2.24) is 0 Å². The van der Waals surface area contributed by atoms with Crippen molar-refractivity contribution in [2.75, 3.05) is 7.11 Å². The normalized spacial score (nSPS) is 13.6. The maximum atomic E-state index is 6.24. The number of methoxy groups -OCH3 is 1. The topological polar surface area (TPSA) is 35.2 Å². The number of ether oxygens (including phenoxy) is 1. The maximum absolute atomic E-state index is 6.24. The van der Waals surface area contributed by atoms with Gasteiger partial charge in [-0.3, -0.25) is 0 Å². The fourth-order valence-corrected chi connectivity index (χ4v) is 1.59. The quantitative estimate of drug-likeness (QED) is 0.829. The largest absolute Gasteiger partial charge is 0.497 e. The van der Waals surface area contributed by atoms with Crippen molar-refractivity contribution in [2.24, 2.45) is 11.1 Å². The molecule has 0 fully saturated rings. The van der Waals surface area contributed by atoms with Crippen LogP contribution in [0.25, 0.3) is 0 Å². The van der Waals surface area contributed by atoms with Gasteiger partial charge in [-0.25, -0.2) is 0 Å². The summed E-state index contributed by atoms with van der Waals surface area (Å²) in [5.74, 6) is 0.902. The molecule has 90 valence electrons. The first kappa shape index (κ1) is 13.0. The van der Waals surface area contributed by atoms with Gasteiger partial charge in [0.05, 0.1) is 7.11 Å². The molecule has 1 aromatic rings. The van der Waals surface area contributed by atoms with Crippen LogP contribution in [0.4, 0.5) is 0 Å². The van der Waals surface area contributed by atoms with E-state index >= 15 is 0 Å². The summed E-state index contributed by atoms with van der Waals surface area (Å²) in [4.78, 5) is 0. The molecule has 0 saturated heterocycles. The van der Waals surface area contributed by atoms with Gasteiger partial charge in [0.2, 0.25) is 0 Å². The van der Waals surface area contributed by atoms with Crippen LogP contribution in [0.5, 0.6) is 5.75 Å². The minimum atomic E-state index is 0.184. The second kappa shape index (κ2) is 5.35. The molecular weight excluding hydrogens is 198 g/mol. The van der Waals surface area contributed by atoms with Crippen LogP contribution >= 0.6 is 0 Å². The third-order valence-electron chi connectivity index (χ3n) is 3.50. The minimum Gasteiger partial charge on any atom is -0.497 e. The van der Waals surface area contributed by atoms with Gasteiger partial charge < -0.3 is 10.5 Å². The number of nitrogens with two attached hydrogens (primary N) is 1. The van der Waals surface area contributed by atoms with Crippen molar-refractivity contribution in [2.45, 2.75) is 39.7 Å². The van der Waals surface area contributed by atoms with Crippen molar-refractivity contribution in [3.63, 3.8) is 0 Å². The van der Waals surface area contributed by atoms with Crippen LogP contribution in [0.3, 0.4) is 0 Å². The molecule has 2 heteroatoms. The Labute approximate surface area is 98.8 Å². The monoisotopic (exact) mass is 221 g/mol. The van der Waals surface area contributed by atoms with Gasteiger partial charge in [0, 0.05) is 6.04 Å². The summed E-state index contributed by atoms with van der Waals surface area (Å²) in [7, 11) is 1.69. The number of benzene rings is 1. The van der Waals surface area contributed by atoms with Gasteiger partial charge in [0.15, 0.2) is 0 Å². The lowest BCUT2D eigenvalue weighted by molar-refractivity contribution is 0.272. The summed E-state index contributed by atoms with van der Waals surface area (Å²) in [5.41, 5.74) is 7.67. The molecule has 16 heavy (non-hydrogen) atoms. The molecule has 0 aromatic heterocycles. The third-order valence-corrected chi connectivity index (χ3v) is 3.50. The highest BCUT2D eigenvalue weighted by Crippen LogP contribution is 2.26. The van der Waals surface area contributed by atoms with Gasteiger partial charge in [0.25, 0.3) is 0 Å². The Balaban J connectivity index is 2.72. The molecule has 1 unspecified atom stereocenters. The molecule has 1 atom stereocenters. The van der Waals surface area contributed by atoms with Gasteiger partial charge in [-0.2, -0.15) is 0 Å². The van der Waals surface area contributed by atoms with E-state index in [1.807, 2.05) is 12.1 Å². The van der Waals surface area contributed by atoms with Crippen LogP contribution in [0, 0.1) is 5.41 Å². The van der Waals surface area contributed by atoms with Crippen LogP contribution in [0.15, 0.2) is 24.3 Å². The van der Waals surface area contributed by atoms with E-state index in [9.17, 15) is 0 Å². The fraction of sp³-hybridized carbons (Fsp3) is 0.571. The van der Waals surface area contributed by atoms with Gasteiger partial charge in [0.1, 0.15) is 5.75 Å². The third kappa shape index (κ3) is 3.24. The van der Waals surface area contributed by atoms with Gasteiger partial charge in [-0.1, -0.05) is 32.9 Å². The molecule has 0 aliphatic rings. The Bertz CT molecular complexity index is 333. The Hall–Kier alpha value is -1.02. The first-order valence-electron chi connectivity index (χ1n) is 5.88. The molecule has 1 rings (SSSR count). The second-order valence-electron chi connectivity index (χ2n) is 5.00. The SMILES string of the molecule is CCC(C)(C)C(N)Cc1cccc(OC)c1. The van der Waals surface area contributed by atoms with Crippen molar-refractivity contribution in [3.05, 3.63) is 29.8 Å². The minimum absolute atomic E-state index is 0.184. The Morgan fingerprint density at radius 3 is 2.62 bits per heavy atom. The number of hydrogen-bond acceptors (Lipinski definition) is 2. The Morgan fingerprint density at radius 2 is 2.06 bits per heavy atom. The van der Waals surface area contributed by atoms with E-state index in [4.69, 9.17) is 10.5 Å². The molecule has 0 aliphatic heterocycles. The van der Waals surface area contributed by atoms with Gasteiger partial charge in [-0.05, 0) is 36.0 Å². The van der Waals surface area contributed by atoms with E-state index in [-0.39, 0.29) is 11.5 Å². The fourth-order valence-electron chi connectivity index (χ4n) is 1.59. The molecular formula is C14H23NO. The van der Waals surface area contributed by atoms with Crippen LogP contribution in [0.1, 0.15) is 32.8 Å². The Morgan fingerprint density at radius 1 is 1.38 bits per heavy atom. The predicted molar refractivity (Wildman–Crippen MR) is 68.7 cm³/mol. The van der Waals surface area contributed by atoms with Crippen molar-refractivity contribution in [1.29, 1.82) is 0 Å². The number of rotatable bonds is 5. The molecule has 0 bridgehead atoms. The molecule has 1 aromatic carbocycles. The summed E-state index contributed by atoms with van der Waals surface area (Å²) in [6, 6.07) is 8.32. The molecule has 2 N–H and O–H groups in total. The zero-order chi connectivity index (χ0) is 12.2. The lowest BCUT2D eigenvalue weighted by Gasteiger charge is -2.30. The summed E-state index contributed by atoms with van der Waals surface area (Å²) >= 11 is 0. The molecule has 0 amide bonds. The van der Waals surface area contributed by atoms with Crippen molar-refractivity contribution >= 4 is 0 Å². The zero-order valence-corrected chi connectivity index (χ0v) is 10.8. The summed E-state index contributed by atoms with van der Waals surface area (Å²) in [6.45, 7) is 6.63. The molecule has 0 spiro atoms. The van der Waals surface area contributed by atoms with E-state index in [2.05, 4.69) is 32.9 Å². The lowest BCUT2D eigenvalue weighted by Crippen LogP contribution is -2.38. The standard InChI is InChI=1S/C14H23NO/c1-5-14(2,3)13(15)10-11-7-6-8-12(9-11)16-4/h6-9,13H,5,10,15H2,1-4H3. The van der Waals surface area contributed by atoms with Crippen LogP contribution < -0.4 is 10.5 Å². The highest BCUT2D eigenvalue weighted by molar-refractivity contribution is 5.29. The Kier molecular flexibility index (Phi) is 4.36. The van der Waals surface area contributed by atoms with Gasteiger partial charge >= 0.3 is 0 Å². The molecule has 2 nitrogen and oxygen atoms in total. The van der Waals surface area contributed by atoms with Crippen LogP contribution in [-0.4, -0.2) is 13.2 Å². The summed E-state index contributed by atoms with van der Waals surface area (Å²) in [6.07, 6.45) is 2.00. The van der Waals surface area contributed by atoms with Crippen molar-refractivity contribution < 1.29 is 4.74 Å². The van der Waals surface area contributed by atoms with E-state index < -0.39 is 0 Å². The van der Waals surface area contributed by atoms with E-state index in [0.29, 0.717) is 0 Å². The lowest BCUT2D eigenvalue weighted by atomic mass is 9.79. The molecule has 0 aliphatic carbocycles. The molecule has 0 radical (unpaired) electrons. The molecule has 0 heterocycles. The number of hydrogen-bond donors (Lipinski definition) is 1. The predicted octanol–water partition coefficient (Wildman–Crippen LogP) is 3.00. The first-order valence-corrected chi connectivity index (χ1v) is 5.88. The smallest absolute Gasteiger partial charge is 0.119 e. The van der Waals surface area contributed by atoms with E-state index in [1.54, 1.807) is 7.11 Å². The zero-order valence-electron chi connectivity index (χ0n) is 10.8. The van der Waals surface area contributed by atoms with Gasteiger partial charge in [-0.15, -0.1) is 0 Å². The highest BCUT2D eigenvalue weighted by atomic mass is 16.5. The van der Waals surface area contributed by atoms with Crippen molar-refractivity contribution in [3.8, 4) is 5.75 Å². The first-order chi connectivity index (χ1) is 7.49. The summed E-state index contributed by atoms with van der Waals surface area (Å²) in [5, 5.41) is 0. The highest BCUT2D eigenvalue weighted by Gasteiger charge is 2.24. The van der Waals surface area contributed by atoms with Crippen LogP contribution in [-0.2, 0) is 6.42 Å². The van der Waals surface area contributed by atoms with Crippen LogP contribution in [0.2, 0.25) is 0 Å². The summed E-state index contributed by atoms with van der Waals surface area (Å²) < 4.78 is 5.21. The van der Waals surface area contributed by atoms with E-state index in [1.165, 1.54) is 5.56 Å². The maximum Gasteiger partial charge on any atom is 0.119 e. The second-order valence-corrected chi connectivity index (χ2v) is 5.00. The van der Waals surface area contributed by atoms with E-state index in [0.717, 1.165) is 18.6 Å².